The van der Waals surface area contributed by atoms with Gasteiger partial charge in [-0.05, 0) is 25.1 Å². The molecule has 0 bridgehead atoms. The van der Waals surface area contributed by atoms with Crippen molar-refractivity contribution in [2.24, 2.45) is 0 Å². The molecule has 0 saturated carbocycles. The highest BCUT2D eigenvalue weighted by Crippen LogP contribution is 2.36. The lowest BCUT2D eigenvalue weighted by Gasteiger charge is -2.19. The molecule has 0 aliphatic heterocycles. The van der Waals surface area contributed by atoms with Crippen LogP contribution in [0.15, 0.2) is 29.2 Å². The molecule has 0 unspecified atom stereocenters. The lowest BCUT2D eigenvalue weighted by molar-refractivity contribution is 0.101. The highest BCUT2D eigenvalue weighted by Gasteiger charge is 2.22. The van der Waals surface area contributed by atoms with Gasteiger partial charge in [0.1, 0.15) is 10.8 Å². The van der Waals surface area contributed by atoms with Gasteiger partial charge in [-0.25, -0.2) is 8.78 Å². The molecule has 1 heterocycles. The molecule has 2 aromatic carbocycles. The predicted octanol–water partition coefficient (Wildman–Crippen LogP) is 3.21. The zero-order chi connectivity index (χ0) is 20.7. The minimum atomic E-state index is -0.884. The van der Waals surface area contributed by atoms with E-state index in [2.05, 4.69) is 0 Å². The molecule has 0 aliphatic rings. The van der Waals surface area contributed by atoms with Gasteiger partial charge >= 0.3 is 0 Å². The van der Waals surface area contributed by atoms with Crippen LogP contribution in [-0.2, 0) is 6.61 Å². The third-order valence-electron chi connectivity index (χ3n) is 4.35. The minimum Gasteiger partial charge on any atom is -0.492 e. The topological polar surface area (TPSA) is 94.6 Å². The van der Waals surface area contributed by atoms with Crippen molar-refractivity contribution in [2.75, 3.05) is 12.8 Å². The van der Waals surface area contributed by atoms with Crippen molar-refractivity contribution < 1.29 is 23.4 Å². The zero-order valence-electron chi connectivity index (χ0n) is 14.8. The lowest BCUT2D eigenvalue weighted by Crippen LogP contribution is -2.18. The van der Waals surface area contributed by atoms with Crippen molar-refractivity contribution in [1.82, 2.24) is 4.57 Å². The van der Waals surface area contributed by atoms with E-state index in [0.717, 1.165) is 12.1 Å². The molecule has 146 valence electrons. The summed E-state index contributed by atoms with van der Waals surface area (Å²) in [6.45, 7) is 0.617. The normalized spacial score (nSPS) is 11.1. The summed E-state index contributed by atoms with van der Waals surface area (Å²) in [6, 6.07) is 3.16. The smallest absolute Gasteiger partial charge is 0.200 e. The molecule has 0 amide bonds. The van der Waals surface area contributed by atoms with Crippen molar-refractivity contribution >= 4 is 34.0 Å². The summed E-state index contributed by atoms with van der Waals surface area (Å²) in [6.07, 6.45) is 1.20. The van der Waals surface area contributed by atoms with Crippen LogP contribution in [0, 0.1) is 11.6 Å². The summed E-state index contributed by atoms with van der Waals surface area (Å²) in [4.78, 5) is 24.7. The van der Waals surface area contributed by atoms with E-state index in [0.29, 0.717) is 0 Å². The number of ether oxygens (including phenoxy) is 1. The van der Waals surface area contributed by atoms with Gasteiger partial charge in [0.2, 0.25) is 0 Å². The van der Waals surface area contributed by atoms with Gasteiger partial charge in [-0.1, -0.05) is 11.6 Å². The first-order chi connectivity index (χ1) is 13.2. The van der Waals surface area contributed by atoms with E-state index in [1.54, 1.807) is 0 Å². The van der Waals surface area contributed by atoms with Crippen molar-refractivity contribution in [3.63, 3.8) is 0 Å². The number of rotatable bonds is 4. The first-order valence-electron chi connectivity index (χ1n) is 8.02. The van der Waals surface area contributed by atoms with E-state index in [4.69, 9.17) is 22.1 Å². The minimum absolute atomic E-state index is 0.0237. The third kappa shape index (κ3) is 3.00. The maximum Gasteiger partial charge on any atom is 0.200 e. The van der Waals surface area contributed by atoms with Crippen molar-refractivity contribution in [2.45, 2.75) is 13.5 Å². The number of aliphatic hydroxyl groups is 1. The molecule has 3 rings (SSSR count). The van der Waals surface area contributed by atoms with Crippen LogP contribution in [0.5, 0.6) is 5.75 Å². The van der Waals surface area contributed by atoms with E-state index in [9.17, 15) is 23.5 Å². The van der Waals surface area contributed by atoms with Gasteiger partial charge in [0.05, 0.1) is 41.6 Å². The van der Waals surface area contributed by atoms with E-state index in [1.165, 1.54) is 30.9 Å². The SMILES string of the molecule is COc1c(F)cc2c(=O)c(C(C)=O)cn(-c3cc(N)c(F)cc3CO)c2c1Cl. The van der Waals surface area contributed by atoms with Crippen molar-refractivity contribution in [3.05, 3.63) is 62.4 Å². The molecule has 0 spiro atoms. The molecule has 0 fully saturated rings. The maximum atomic E-state index is 14.3. The number of carbonyl (C=O) groups excluding carboxylic acids is 1. The van der Waals surface area contributed by atoms with Gasteiger partial charge in [0.25, 0.3) is 0 Å². The molecule has 6 nitrogen and oxygen atoms in total. The van der Waals surface area contributed by atoms with Crippen molar-refractivity contribution in [1.29, 1.82) is 0 Å². The fraction of sp³-hybridized carbons (Fsp3) is 0.158. The van der Waals surface area contributed by atoms with Gasteiger partial charge < -0.3 is 20.1 Å². The van der Waals surface area contributed by atoms with Crippen LogP contribution in [0.25, 0.3) is 16.6 Å². The Bertz CT molecular complexity index is 1190. The van der Waals surface area contributed by atoms with Crippen molar-refractivity contribution in [3.8, 4) is 11.4 Å². The molecule has 3 aromatic rings. The van der Waals surface area contributed by atoms with Crippen LogP contribution in [0.3, 0.4) is 0 Å². The second kappa shape index (κ2) is 7.21. The predicted molar refractivity (Wildman–Crippen MR) is 101 cm³/mol. The Morgan fingerprint density at radius 2 is 1.96 bits per heavy atom. The summed E-state index contributed by atoms with van der Waals surface area (Å²) in [5.74, 6) is -2.50. The maximum absolute atomic E-state index is 14.3. The summed E-state index contributed by atoms with van der Waals surface area (Å²) >= 11 is 6.30. The monoisotopic (exact) mass is 408 g/mol. The number of carbonyl (C=O) groups is 1. The second-order valence-corrected chi connectivity index (χ2v) is 6.44. The highest BCUT2D eigenvalue weighted by molar-refractivity contribution is 6.36. The Morgan fingerprint density at radius 1 is 1.29 bits per heavy atom. The summed E-state index contributed by atoms with van der Waals surface area (Å²) in [7, 11) is 1.21. The highest BCUT2D eigenvalue weighted by atomic mass is 35.5. The average Bonchev–Trinajstić information content (AvgIpc) is 2.64. The van der Waals surface area contributed by atoms with Gasteiger partial charge in [-0.15, -0.1) is 0 Å². The molecule has 28 heavy (non-hydrogen) atoms. The van der Waals surface area contributed by atoms with Crippen LogP contribution < -0.4 is 15.9 Å². The number of aromatic nitrogens is 1. The number of pyridine rings is 1. The van der Waals surface area contributed by atoms with Gasteiger partial charge in [-0.2, -0.15) is 0 Å². The molecule has 0 aliphatic carbocycles. The molecular weight excluding hydrogens is 394 g/mol. The van der Waals surface area contributed by atoms with Crippen LogP contribution in [0.4, 0.5) is 14.5 Å². The van der Waals surface area contributed by atoms with Gasteiger partial charge in [-0.3, -0.25) is 9.59 Å². The number of nitrogen functional groups attached to an aromatic ring is 1. The van der Waals surface area contributed by atoms with Gasteiger partial charge in [0.15, 0.2) is 22.8 Å². The lowest BCUT2D eigenvalue weighted by atomic mass is 10.1. The molecule has 0 radical (unpaired) electrons. The van der Waals surface area contributed by atoms with Crippen LogP contribution in [-0.4, -0.2) is 22.6 Å². The number of halogens is 3. The molecule has 3 N–H and O–H groups in total. The number of hydrogen-bond donors (Lipinski definition) is 2. The number of hydrogen-bond acceptors (Lipinski definition) is 5. The third-order valence-corrected chi connectivity index (χ3v) is 4.70. The Kier molecular flexibility index (Phi) is 5.10. The molecule has 1 aromatic heterocycles. The standard InChI is InChI=1S/C19H15ClF2N2O4/c1-8(26)11-6-24(15-5-14(23)12(21)3-9(15)7-25)17-10(18(11)27)4-13(22)19(28-2)16(17)20/h3-6,25H,7,23H2,1-2H3. The van der Waals surface area contributed by atoms with Gasteiger partial charge in [0, 0.05) is 11.8 Å². The van der Waals surface area contributed by atoms with Crippen LogP contribution in [0.1, 0.15) is 22.8 Å². The number of nitrogens with two attached hydrogens (primary N) is 1. The number of ketones is 1. The molecule has 0 atom stereocenters. The molecule has 0 saturated heterocycles. The number of aliphatic hydroxyl groups excluding tert-OH is 1. The Morgan fingerprint density at radius 3 is 2.54 bits per heavy atom. The summed E-state index contributed by atoms with van der Waals surface area (Å²) in [5.41, 5.74) is 4.78. The van der Waals surface area contributed by atoms with E-state index in [1.807, 2.05) is 0 Å². The average molecular weight is 409 g/mol. The number of Topliss-reactive ketones (excluding diaryl/α,β-unsaturated/α-hetero) is 1. The van der Waals surface area contributed by atoms with E-state index in [-0.39, 0.29) is 44.2 Å². The molecular formula is C19H15ClF2N2O4. The van der Waals surface area contributed by atoms with Crippen LogP contribution in [0.2, 0.25) is 5.02 Å². The summed E-state index contributed by atoms with van der Waals surface area (Å²) in [5, 5.41) is 9.24. The Hall–Kier alpha value is -2.97. The quantitative estimate of drug-likeness (QED) is 0.510. The summed E-state index contributed by atoms with van der Waals surface area (Å²) < 4.78 is 34.5. The van der Waals surface area contributed by atoms with E-state index >= 15 is 0 Å². The zero-order valence-corrected chi connectivity index (χ0v) is 15.6. The first-order valence-corrected chi connectivity index (χ1v) is 8.40. The number of benzene rings is 2. The second-order valence-electron chi connectivity index (χ2n) is 6.06. The largest absolute Gasteiger partial charge is 0.492 e. The molecule has 9 heteroatoms. The fourth-order valence-electron chi connectivity index (χ4n) is 3.00. The first kappa shape index (κ1) is 19.8. The number of nitrogens with zero attached hydrogens (tertiary/aromatic N) is 1. The Balaban J connectivity index is 2.60. The fourth-order valence-corrected chi connectivity index (χ4v) is 3.36. The number of methoxy groups -OCH3 is 1. The van der Waals surface area contributed by atoms with Crippen LogP contribution >= 0.6 is 11.6 Å². The Labute approximate surface area is 162 Å². The number of anilines is 1. The van der Waals surface area contributed by atoms with E-state index < -0.39 is 29.5 Å². The number of fused-ring (bicyclic) bond motifs is 1.